The molecule has 0 unspecified atom stereocenters. The van der Waals surface area contributed by atoms with Gasteiger partial charge in [-0.3, -0.25) is 9.37 Å². The van der Waals surface area contributed by atoms with Crippen LogP contribution >= 0.6 is 11.3 Å². The first-order valence-corrected chi connectivity index (χ1v) is 13.6. The lowest BCUT2D eigenvalue weighted by Gasteiger charge is -2.21. The van der Waals surface area contributed by atoms with Crippen molar-refractivity contribution in [3.63, 3.8) is 0 Å². The van der Waals surface area contributed by atoms with Crippen LogP contribution in [0, 0.1) is 19.3 Å². The average Bonchev–Trinajstić information content (AvgIpc) is 3.19. The largest absolute Gasteiger partial charge is 0.255 e. The molecule has 5 aromatic rings. The van der Waals surface area contributed by atoms with Crippen LogP contribution in [0.3, 0.4) is 0 Å². The number of fused-ring (bicyclic) bond motifs is 2. The van der Waals surface area contributed by atoms with Crippen molar-refractivity contribution in [3.05, 3.63) is 89.1 Å². The lowest BCUT2D eigenvalue weighted by atomic mass is 9.86. The van der Waals surface area contributed by atoms with E-state index < -0.39 is 0 Å². The third-order valence-electron chi connectivity index (χ3n) is 7.22. The Morgan fingerprint density at radius 3 is 2.44 bits per heavy atom. The molecular weight excluding hydrogens is 461 g/mol. The molecule has 0 N–H and O–H groups in total. The van der Waals surface area contributed by atoms with Crippen molar-refractivity contribution in [2.45, 2.75) is 53.9 Å². The van der Waals surface area contributed by atoms with E-state index in [4.69, 9.17) is 4.98 Å². The van der Waals surface area contributed by atoms with E-state index in [2.05, 4.69) is 88.4 Å². The van der Waals surface area contributed by atoms with Gasteiger partial charge in [-0.05, 0) is 93.8 Å². The monoisotopic (exact) mass is 495 g/mol. The quantitative estimate of drug-likeness (QED) is 0.228. The highest BCUT2D eigenvalue weighted by Crippen LogP contribution is 2.44. The zero-order chi connectivity index (χ0) is 25.6. The van der Waals surface area contributed by atoms with E-state index in [0.29, 0.717) is 5.92 Å². The average molecular weight is 496 g/mol. The van der Waals surface area contributed by atoms with E-state index >= 15 is 0 Å². The van der Waals surface area contributed by atoms with Crippen molar-refractivity contribution in [1.29, 1.82) is 0 Å². The molecular formula is C33H34FNS. The maximum atomic E-state index is 13.4. The molecule has 5 rings (SSSR count). The minimum atomic E-state index is -0.337. The summed E-state index contributed by atoms with van der Waals surface area (Å²) in [6.45, 7) is 12.6. The number of nitrogens with zero attached hydrogens (tertiary/aromatic N) is 1. The van der Waals surface area contributed by atoms with Gasteiger partial charge in [0.15, 0.2) is 0 Å². The molecule has 0 spiro atoms. The molecule has 0 bridgehead atoms. The maximum Gasteiger partial charge on any atom is 0.0948 e. The van der Waals surface area contributed by atoms with E-state index in [1.807, 2.05) is 31.4 Å². The van der Waals surface area contributed by atoms with Gasteiger partial charge in [-0.15, -0.1) is 11.3 Å². The summed E-state index contributed by atoms with van der Waals surface area (Å²) in [5, 5.41) is 3.84. The fourth-order valence-electron chi connectivity index (χ4n) is 5.26. The summed E-state index contributed by atoms with van der Waals surface area (Å²) >= 11 is 1.83. The fourth-order valence-corrected chi connectivity index (χ4v) is 6.66. The molecule has 2 aromatic heterocycles. The summed E-state index contributed by atoms with van der Waals surface area (Å²) in [5.74, 6) is 0.429. The van der Waals surface area contributed by atoms with Gasteiger partial charge in [-0.1, -0.05) is 70.2 Å². The topological polar surface area (TPSA) is 12.9 Å². The van der Waals surface area contributed by atoms with Crippen LogP contribution in [-0.2, 0) is 6.42 Å². The second-order valence-electron chi connectivity index (χ2n) is 11.2. The molecule has 184 valence electrons. The Morgan fingerprint density at radius 1 is 0.944 bits per heavy atom. The summed E-state index contributed by atoms with van der Waals surface area (Å²) in [6, 6.07) is 22.0. The smallest absolute Gasteiger partial charge is 0.0948 e. The van der Waals surface area contributed by atoms with E-state index in [-0.39, 0.29) is 12.1 Å². The predicted molar refractivity (Wildman–Crippen MR) is 155 cm³/mol. The first kappa shape index (κ1) is 24.6. The molecule has 1 nitrogen and oxygen atoms in total. The Hall–Kier alpha value is -3.04. The number of benzene rings is 3. The number of aromatic nitrogens is 1. The summed E-state index contributed by atoms with van der Waals surface area (Å²) in [7, 11) is 0. The van der Waals surface area contributed by atoms with Gasteiger partial charge in [0.25, 0.3) is 0 Å². The van der Waals surface area contributed by atoms with Gasteiger partial charge in [0.1, 0.15) is 0 Å². The summed E-state index contributed by atoms with van der Waals surface area (Å²) in [5.41, 5.74) is 8.23. The van der Waals surface area contributed by atoms with Crippen molar-refractivity contribution in [3.8, 4) is 21.7 Å². The number of thiophene rings is 1. The van der Waals surface area contributed by atoms with Crippen LogP contribution in [0.5, 0.6) is 0 Å². The lowest BCUT2D eigenvalue weighted by Crippen LogP contribution is -2.17. The molecule has 36 heavy (non-hydrogen) atoms. The molecule has 2 heterocycles. The Morgan fingerprint density at radius 2 is 1.72 bits per heavy atom. The van der Waals surface area contributed by atoms with E-state index in [1.165, 1.54) is 59.1 Å². The molecule has 3 heteroatoms. The molecule has 0 amide bonds. The minimum absolute atomic E-state index is 0.313. The van der Waals surface area contributed by atoms with Crippen LogP contribution in [0.15, 0.2) is 66.9 Å². The molecule has 0 fully saturated rings. The zero-order valence-corrected chi connectivity index (χ0v) is 22.9. The minimum Gasteiger partial charge on any atom is -0.255 e. The highest BCUT2D eigenvalue weighted by molar-refractivity contribution is 7.23. The molecule has 0 aliphatic heterocycles. The number of pyridine rings is 1. The first-order chi connectivity index (χ1) is 17.2. The summed E-state index contributed by atoms with van der Waals surface area (Å²) in [4.78, 5) is 6.18. The van der Waals surface area contributed by atoms with Gasteiger partial charge >= 0.3 is 0 Å². The van der Waals surface area contributed by atoms with E-state index in [9.17, 15) is 4.39 Å². The number of rotatable bonds is 6. The Kier molecular flexibility index (Phi) is 6.46. The Labute approximate surface area is 218 Å². The number of hydrogen-bond donors (Lipinski definition) is 0. The highest BCUT2D eigenvalue weighted by Gasteiger charge is 2.20. The van der Waals surface area contributed by atoms with Crippen LogP contribution < -0.4 is 0 Å². The van der Waals surface area contributed by atoms with Crippen molar-refractivity contribution in [1.82, 2.24) is 4.98 Å². The van der Waals surface area contributed by atoms with Crippen LogP contribution in [-0.4, -0.2) is 11.7 Å². The van der Waals surface area contributed by atoms with E-state index in [1.54, 1.807) is 0 Å². The number of alkyl halides is 1. The summed E-state index contributed by atoms with van der Waals surface area (Å²) in [6.07, 6.45) is 2.69. The van der Waals surface area contributed by atoms with Gasteiger partial charge in [0.2, 0.25) is 0 Å². The van der Waals surface area contributed by atoms with Crippen LogP contribution in [0.4, 0.5) is 4.39 Å². The normalized spacial score (nSPS) is 12.2. The number of aryl methyl sites for hydroxylation is 2. The van der Waals surface area contributed by atoms with Crippen LogP contribution in [0.25, 0.3) is 42.6 Å². The van der Waals surface area contributed by atoms with Crippen molar-refractivity contribution >= 4 is 32.2 Å². The van der Waals surface area contributed by atoms with Gasteiger partial charge in [-0.25, -0.2) is 0 Å². The summed E-state index contributed by atoms with van der Waals surface area (Å²) < 4.78 is 14.6. The lowest BCUT2D eigenvalue weighted by molar-refractivity contribution is 0.256. The first-order valence-electron chi connectivity index (χ1n) is 12.8. The van der Waals surface area contributed by atoms with Crippen molar-refractivity contribution in [2.75, 3.05) is 6.67 Å². The van der Waals surface area contributed by atoms with Gasteiger partial charge in [0, 0.05) is 16.6 Å². The van der Waals surface area contributed by atoms with Crippen LogP contribution in [0.1, 0.15) is 55.9 Å². The molecule has 0 aliphatic carbocycles. The Bertz CT molecular complexity index is 1570. The number of hydrogen-bond acceptors (Lipinski definition) is 2. The Balaban J connectivity index is 1.64. The second kappa shape index (κ2) is 9.44. The molecule has 3 aromatic carbocycles. The van der Waals surface area contributed by atoms with Gasteiger partial charge in [0.05, 0.1) is 17.1 Å². The maximum absolute atomic E-state index is 13.4. The highest BCUT2D eigenvalue weighted by atomic mass is 32.1. The number of halogens is 1. The second-order valence-corrected chi connectivity index (χ2v) is 12.2. The zero-order valence-electron chi connectivity index (χ0n) is 22.1. The third-order valence-corrected chi connectivity index (χ3v) is 8.57. The van der Waals surface area contributed by atoms with Crippen LogP contribution in [0.2, 0.25) is 0 Å². The molecule has 0 saturated carbocycles. The third kappa shape index (κ3) is 4.46. The van der Waals surface area contributed by atoms with Crippen molar-refractivity contribution in [2.24, 2.45) is 5.41 Å². The molecule has 0 atom stereocenters. The SMILES string of the molecule is Cc1cc(CC(C)(C)CF)ccc1-c1sc2c(-c3cc(C(C)C)c4ccccc4c3)nccc2c1C. The van der Waals surface area contributed by atoms with Gasteiger partial charge < -0.3 is 0 Å². The van der Waals surface area contributed by atoms with Crippen molar-refractivity contribution < 1.29 is 4.39 Å². The van der Waals surface area contributed by atoms with E-state index in [0.717, 1.165) is 12.1 Å². The molecule has 0 saturated heterocycles. The molecule has 0 aliphatic rings. The van der Waals surface area contributed by atoms with Gasteiger partial charge in [-0.2, -0.15) is 0 Å². The molecule has 0 radical (unpaired) electrons. The fraction of sp³-hybridized carbons (Fsp3) is 0.303. The predicted octanol–water partition coefficient (Wildman–Crippen LogP) is 10.1. The standard InChI is InChI=1S/C33H34FNS/c1-20(2)29-17-25(16-24-9-7-8-10-28(24)29)30-32-27(13-14-35-30)22(4)31(36-32)26-12-11-23(15-21(26)3)18-33(5,6)19-34/h7-17,20H,18-19H2,1-6H3.